The van der Waals surface area contributed by atoms with Gasteiger partial charge in [0.1, 0.15) is 5.75 Å². The summed E-state index contributed by atoms with van der Waals surface area (Å²) in [5.41, 5.74) is 2.27. The molecule has 1 atom stereocenters. The highest BCUT2D eigenvalue weighted by molar-refractivity contribution is 7.10. The molecule has 0 radical (unpaired) electrons. The summed E-state index contributed by atoms with van der Waals surface area (Å²) >= 11 is 1.76. The fourth-order valence-corrected chi connectivity index (χ4v) is 5.13. The first-order valence-electron chi connectivity index (χ1n) is 11.4. The van der Waals surface area contributed by atoms with E-state index in [0.717, 1.165) is 43.4 Å². The summed E-state index contributed by atoms with van der Waals surface area (Å²) in [6.45, 7) is 5.64. The topological polar surface area (TPSA) is 49.9 Å². The predicted octanol–water partition coefficient (Wildman–Crippen LogP) is 5.05. The molecule has 0 saturated carbocycles. The number of rotatable bonds is 10. The Morgan fingerprint density at radius 1 is 1.13 bits per heavy atom. The van der Waals surface area contributed by atoms with Crippen LogP contribution in [0.5, 0.6) is 5.75 Å². The van der Waals surface area contributed by atoms with E-state index in [1.165, 1.54) is 10.4 Å². The highest BCUT2D eigenvalue weighted by Crippen LogP contribution is 2.38. The largest absolute Gasteiger partial charge is 0.497 e. The number of methoxy groups -OCH3 is 1. The molecule has 1 aromatic heterocycles. The van der Waals surface area contributed by atoms with Crippen molar-refractivity contribution >= 4 is 23.2 Å². The molecule has 0 saturated heterocycles. The molecule has 0 aliphatic carbocycles. The second-order valence-electron chi connectivity index (χ2n) is 8.08. The van der Waals surface area contributed by atoms with Gasteiger partial charge in [-0.3, -0.25) is 9.59 Å². The summed E-state index contributed by atoms with van der Waals surface area (Å²) in [7, 11) is 1.66. The van der Waals surface area contributed by atoms with Gasteiger partial charge in [0.2, 0.25) is 11.8 Å². The van der Waals surface area contributed by atoms with Crippen LogP contribution in [0.3, 0.4) is 0 Å². The van der Waals surface area contributed by atoms with Crippen molar-refractivity contribution in [3.8, 4) is 5.75 Å². The minimum Gasteiger partial charge on any atom is -0.497 e. The summed E-state index contributed by atoms with van der Waals surface area (Å²) in [6.07, 6.45) is 5.26. The zero-order valence-corrected chi connectivity index (χ0v) is 19.7. The molecule has 2 amide bonds. The number of hydrogen-bond donors (Lipinski definition) is 0. The van der Waals surface area contributed by atoms with Crippen molar-refractivity contribution in [2.45, 2.75) is 58.4 Å². The van der Waals surface area contributed by atoms with Crippen molar-refractivity contribution in [2.75, 3.05) is 26.7 Å². The van der Waals surface area contributed by atoms with Crippen molar-refractivity contribution in [1.82, 2.24) is 9.80 Å². The molecule has 1 unspecified atom stereocenters. The molecular weight excluding hydrogens is 408 g/mol. The number of fused-ring (bicyclic) bond motifs is 1. The monoisotopic (exact) mass is 442 g/mol. The molecule has 2 aromatic rings. The number of thiophene rings is 1. The van der Waals surface area contributed by atoms with Gasteiger partial charge >= 0.3 is 0 Å². The number of ether oxygens (including phenoxy) is 1. The van der Waals surface area contributed by atoms with Crippen molar-refractivity contribution in [1.29, 1.82) is 0 Å². The average Bonchev–Trinajstić information content (AvgIpc) is 3.27. The van der Waals surface area contributed by atoms with Crippen LogP contribution in [-0.2, 0) is 16.0 Å². The Labute approximate surface area is 190 Å². The van der Waals surface area contributed by atoms with Crippen LogP contribution >= 0.6 is 11.3 Å². The van der Waals surface area contributed by atoms with Crippen LogP contribution in [0.1, 0.15) is 68.0 Å². The smallest absolute Gasteiger partial charge is 0.242 e. The van der Waals surface area contributed by atoms with E-state index >= 15 is 0 Å². The van der Waals surface area contributed by atoms with E-state index in [1.807, 2.05) is 29.2 Å². The number of amides is 2. The van der Waals surface area contributed by atoms with E-state index in [4.69, 9.17) is 4.74 Å². The second kappa shape index (κ2) is 11.3. The fourth-order valence-electron chi connectivity index (χ4n) is 4.23. The summed E-state index contributed by atoms with van der Waals surface area (Å²) in [6, 6.07) is 9.98. The van der Waals surface area contributed by atoms with E-state index in [0.29, 0.717) is 19.5 Å². The normalized spacial score (nSPS) is 15.5. The molecule has 0 bridgehead atoms. The molecule has 1 aliphatic heterocycles. The van der Waals surface area contributed by atoms with Crippen LogP contribution in [-0.4, -0.2) is 48.4 Å². The van der Waals surface area contributed by atoms with Crippen molar-refractivity contribution in [3.05, 3.63) is 51.7 Å². The molecule has 3 rings (SSSR count). The van der Waals surface area contributed by atoms with Crippen LogP contribution in [0.2, 0.25) is 0 Å². The Morgan fingerprint density at radius 2 is 1.90 bits per heavy atom. The van der Waals surface area contributed by atoms with Crippen LogP contribution in [0.25, 0.3) is 0 Å². The van der Waals surface area contributed by atoms with E-state index < -0.39 is 0 Å². The average molecular weight is 443 g/mol. The molecule has 0 spiro atoms. The molecule has 5 nitrogen and oxygen atoms in total. The molecule has 0 N–H and O–H groups in total. The maximum Gasteiger partial charge on any atom is 0.242 e. The van der Waals surface area contributed by atoms with E-state index in [-0.39, 0.29) is 24.4 Å². The summed E-state index contributed by atoms with van der Waals surface area (Å²) in [5.74, 6) is 0.919. The molecule has 1 aliphatic rings. The zero-order chi connectivity index (χ0) is 22.2. The first kappa shape index (κ1) is 23.3. The maximum atomic E-state index is 13.5. The minimum absolute atomic E-state index is 0.0231. The van der Waals surface area contributed by atoms with Gasteiger partial charge in [0.05, 0.1) is 19.7 Å². The standard InChI is InChI=1S/C25H34N2O3S/c1-4-6-7-8-23(28)26(15-5-2)18-24(29)27-16-13-22-21(14-17-31-22)25(27)19-9-11-20(30-3)12-10-19/h9-12,14,17,25H,4-8,13,15-16,18H2,1-3H3. The number of nitrogens with zero attached hydrogens (tertiary/aromatic N) is 2. The van der Waals surface area contributed by atoms with Gasteiger partial charge in [-0.15, -0.1) is 11.3 Å². The molecule has 1 aromatic carbocycles. The lowest BCUT2D eigenvalue weighted by molar-refractivity contribution is -0.141. The second-order valence-corrected chi connectivity index (χ2v) is 9.09. The lowest BCUT2D eigenvalue weighted by Crippen LogP contribution is -2.47. The molecular formula is C25H34N2O3S. The third-order valence-electron chi connectivity index (χ3n) is 5.88. The van der Waals surface area contributed by atoms with Crippen molar-refractivity contribution in [2.24, 2.45) is 0 Å². The Kier molecular flexibility index (Phi) is 8.52. The van der Waals surface area contributed by atoms with Crippen LogP contribution in [0, 0.1) is 0 Å². The Balaban J connectivity index is 1.80. The lowest BCUT2D eigenvalue weighted by Gasteiger charge is -2.37. The Hall–Kier alpha value is -2.34. The van der Waals surface area contributed by atoms with Crippen LogP contribution < -0.4 is 4.74 Å². The van der Waals surface area contributed by atoms with Gasteiger partial charge in [0, 0.05) is 24.4 Å². The summed E-state index contributed by atoms with van der Waals surface area (Å²) in [4.78, 5) is 31.3. The highest BCUT2D eigenvalue weighted by Gasteiger charge is 2.33. The number of carbonyl (C=O) groups excluding carboxylic acids is 2. The number of hydrogen-bond acceptors (Lipinski definition) is 4. The van der Waals surface area contributed by atoms with Crippen LogP contribution in [0.15, 0.2) is 35.7 Å². The van der Waals surface area contributed by atoms with Crippen molar-refractivity contribution in [3.63, 3.8) is 0 Å². The highest BCUT2D eigenvalue weighted by atomic mass is 32.1. The third-order valence-corrected chi connectivity index (χ3v) is 6.88. The fraction of sp³-hybridized carbons (Fsp3) is 0.520. The minimum atomic E-state index is -0.118. The lowest BCUT2D eigenvalue weighted by atomic mass is 9.93. The zero-order valence-electron chi connectivity index (χ0n) is 18.9. The quantitative estimate of drug-likeness (QED) is 0.484. The van der Waals surface area contributed by atoms with Gasteiger partial charge in [-0.25, -0.2) is 0 Å². The third kappa shape index (κ3) is 5.67. The number of unbranched alkanes of at least 4 members (excludes halogenated alkanes) is 2. The Morgan fingerprint density at radius 3 is 2.58 bits per heavy atom. The number of benzene rings is 1. The molecule has 168 valence electrons. The maximum absolute atomic E-state index is 13.5. The number of carbonyl (C=O) groups is 2. The van der Waals surface area contributed by atoms with Gasteiger partial charge < -0.3 is 14.5 Å². The van der Waals surface area contributed by atoms with Gasteiger partial charge in [0.15, 0.2) is 0 Å². The molecule has 0 fully saturated rings. The van der Waals surface area contributed by atoms with Gasteiger partial charge in [-0.1, -0.05) is 38.8 Å². The SMILES string of the molecule is CCCCCC(=O)N(CCC)CC(=O)N1CCc2sccc2C1c1ccc(OC)cc1. The molecule has 31 heavy (non-hydrogen) atoms. The first-order valence-corrected chi connectivity index (χ1v) is 12.2. The predicted molar refractivity (Wildman–Crippen MR) is 126 cm³/mol. The summed E-state index contributed by atoms with van der Waals surface area (Å²) < 4.78 is 5.31. The first-order chi connectivity index (χ1) is 15.1. The molecule has 6 heteroatoms. The van der Waals surface area contributed by atoms with Gasteiger partial charge in [0.25, 0.3) is 0 Å². The summed E-state index contributed by atoms with van der Waals surface area (Å²) in [5, 5.41) is 2.11. The van der Waals surface area contributed by atoms with Crippen LogP contribution in [0.4, 0.5) is 0 Å². The van der Waals surface area contributed by atoms with E-state index in [9.17, 15) is 9.59 Å². The van der Waals surface area contributed by atoms with E-state index in [1.54, 1.807) is 23.3 Å². The Bertz CT molecular complexity index is 862. The van der Waals surface area contributed by atoms with E-state index in [2.05, 4.69) is 25.3 Å². The van der Waals surface area contributed by atoms with Gasteiger partial charge in [-0.05, 0) is 54.0 Å². The van der Waals surface area contributed by atoms with Gasteiger partial charge in [-0.2, -0.15) is 0 Å². The van der Waals surface area contributed by atoms with Crippen molar-refractivity contribution < 1.29 is 14.3 Å². The molecule has 2 heterocycles.